The maximum absolute atomic E-state index is 12.2. The maximum Gasteiger partial charge on any atom is 0.187 e. The molecule has 1 heterocycles. The second-order valence-electron chi connectivity index (χ2n) is 5.30. The number of ketones is 1. The van der Waals surface area contributed by atoms with E-state index in [0.29, 0.717) is 11.3 Å². The lowest BCUT2D eigenvalue weighted by Gasteiger charge is -2.13. The Labute approximate surface area is 114 Å². The highest BCUT2D eigenvalue weighted by atomic mass is 16.5. The van der Waals surface area contributed by atoms with Crippen LogP contribution in [0.15, 0.2) is 30.1 Å². The van der Waals surface area contributed by atoms with Crippen LogP contribution >= 0.6 is 0 Å². The Morgan fingerprint density at radius 1 is 1.26 bits per heavy atom. The highest BCUT2D eigenvalue weighted by molar-refractivity contribution is 6.04. The largest absolute Gasteiger partial charge is 0.489 e. The van der Waals surface area contributed by atoms with Crippen LogP contribution in [-0.2, 0) is 0 Å². The Kier molecular flexibility index (Phi) is 4.72. The second kappa shape index (κ2) is 6.50. The number of rotatable bonds is 4. The third-order valence-corrected chi connectivity index (χ3v) is 3.20. The van der Waals surface area contributed by atoms with Crippen molar-refractivity contribution >= 4 is 5.78 Å². The second-order valence-corrected chi connectivity index (χ2v) is 5.30. The molecule has 3 heteroatoms. The van der Waals surface area contributed by atoms with Crippen molar-refractivity contribution in [3.63, 3.8) is 0 Å². The van der Waals surface area contributed by atoms with Gasteiger partial charge in [-0.1, -0.05) is 12.0 Å². The predicted octanol–water partition coefficient (Wildman–Crippen LogP) is 3.94. The maximum atomic E-state index is 12.2. The Balaban J connectivity index is 2.10. The molecule has 2 rings (SSSR count). The molecule has 1 aromatic heterocycles. The third-order valence-electron chi connectivity index (χ3n) is 3.20. The Morgan fingerprint density at radius 3 is 2.68 bits per heavy atom. The third kappa shape index (κ3) is 4.19. The van der Waals surface area contributed by atoms with Crippen molar-refractivity contribution in [2.24, 2.45) is 0 Å². The summed E-state index contributed by atoms with van der Waals surface area (Å²) in [5.74, 6) is 0.696. The summed E-state index contributed by atoms with van der Waals surface area (Å²) in [5.41, 5.74) is 1.88. The Hall–Kier alpha value is -1.64. The molecule has 1 aromatic rings. The molecule has 0 amide bonds. The lowest BCUT2D eigenvalue weighted by atomic mass is 9.93. The first-order chi connectivity index (χ1) is 9.15. The summed E-state index contributed by atoms with van der Waals surface area (Å²) in [5, 5.41) is 0. The molecule has 1 fully saturated rings. The van der Waals surface area contributed by atoms with Crippen LogP contribution in [0.1, 0.15) is 56.3 Å². The van der Waals surface area contributed by atoms with Gasteiger partial charge in [-0.2, -0.15) is 0 Å². The van der Waals surface area contributed by atoms with E-state index in [1.807, 2.05) is 13.8 Å². The van der Waals surface area contributed by atoms with Gasteiger partial charge in [0.2, 0.25) is 0 Å². The first-order valence-electron chi connectivity index (χ1n) is 7.00. The van der Waals surface area contributed by atoms with Crippen molar-refractivity contribution in [2.75, 3.05) is 0 Å². The summed E-state index contributed by atoms with van der Waals surface area (Å²) in [6, 6.07) is 1.77. The van der Waals surface area contributed by atoms with Gasteiger partial charge < -0.3 is 4.74 Å². The average Bonchev–Trinajstić information content (AvgIpc) is 2.39. The smallest absolute Gasteiger partial charge is 0.187 e. The van der Waals surface area contributed by atoms with E-state index >= 15 is 0 Å². The van der Waals surface area contributed by atoms with Gasteiger partial charge in [-0.15, -0.1) is 0 Å². The molecule has 3 nitrogen and oxygen atoms in total. The van der Waals surface area contributed by atoms with Gasteiger partial charge in [0, 0.05) is 11.8 Å². The van der Waals surface area contributed by atoms with Gasteiger partial charge in [-0.25, -0.2) is 0 Å². The van der Waals surface area contributed by atoms with Crippen molar-refractivity contribution in [1.29, 1.82) is 0 Å². The van der Waals surface area contributed by atoms with E-state index in [2.05, 4.69) is 4.98 Å². The fraction of sp³-hybridized carbons (Fsp3) is 0.500. The van der Waals surface area contributed by atoms with E-state index in [9.17, 15) is 4.79 Å². The zero-order valence-corrected chi connectivity index (χ0v) is 11.7. The monoisotopic (exact) mass is 259 g/mol. The highest BCUT2D eigenvalue weighted by Crippen LogP contribution is 2.23. The van der Waals surface area contributed by atoms with Gasteiger partial charge in [0.25, 0.3) is 0 Å². The molecule has 0 N–H and O–H groups in total. The lowest BCUT2D eigenvalue weighted by Crippen LogP contribution is -2.07. The molecular weight excluding hydrogens is 238 g/mol. The molecule has 0 atom stereocenters. The van der Waals surface area contributed by atoms with Crippen molar-refractivity contribution < 1.29 is 9.53 Å². The number of nitrogens with zero attached hydrogens (tertiary/aromatic N) is 1. The molecule has 1 saturated carbocycles. The van der Waals surface area contributed by atoms with Crippen LogP contribution in [0.25, 0.3) is 0 Å². The fourth-order valence-corrected chi connectivity index (χ4v) is 2.31. The molecular formula is C16H21NO2. The number of hydrogen-bond acceptors (Lipinski definition) is 3. The minimum Gasteiger partial charge on any atom is -0.489 e. The van der Waals surface area contributed by atoms with Gasteiger partial charge in [-0.3, -0.25) is 9.78 Å². The zero-order valence-electron chi connectivity index (χ0n) is 11.7. The Morgan fingerprint density at radius 2 is 2.00 bits per heavy atom. The van der Waals surface area contributed by atoms with Gasteiger partial charge >= 0.3 is 0 Å². The lowest BCUT2D eigenvalue weighted by molar-refractivity contribution is 0.104. The molecule has 0 unspecified atom stereocenters. The van der Waals surface area contributed by atoms with Crippen LogP contribution in [-0.4, -0.2) is 16.9 Å². The molecule has 0 aliphatic heterocycles. The number of carbonyl (C=O) groups excluding carboxylic acids is 1. The predicted molar refractivity (Wildman–Crippen MR) is 75.5 cm³/mol. The summed E-state index contributed by atoms with van der Waals surface area (Å²) < 4.78 is 5.56. The number of hydrogen-bond donors (Lipinski definition) is 0. The molecule has 0 spiro atoms. The van der Waals surface area contributed by atoms with Crippen LogP contribution in [0.3, 0.4) is 0 Å². The summed E-state index contributed by atoms with van der Waals surface area (Å²) in [6.45, 7) is 3.91. The zero-order chi connectivity index (χ0) is 13.7. The molecule has 1 aliphatic rings. The van der Waals surface area contributed by atoms with Gasteiger partial charge in [-0.05, 0) is 51.7 Å². The summed E-state index contributed by atoms with van der Waals surface area (Å²) in [4.78, 5) is 16.3. The van der Waals surface area contributed by atoms with E-state index in [1.165, 1.54) is 24.8 Å². The molecule has 0 bridgehead atoms. The normalized spacial score (nSPS) is 15.4. The first-order valence-corrected chi connectivity index (χ1v) is 7.00. The molecule has 102 valence electrons. The van der Waals surface area contributed by atoms with Gasteiger partial charge in [0.15, 0.2) is 5.78 Å². The molecule has 0 radical (unpaired) electrons. The highest BCUT2D eigenvalue weighted by Gasteiger charge is 2.10. The number of ether oxygens (including phenoxy) is 1. The SMILES string of the molecule is CC(C)Oc1cncc(C(=O)C=C2CCCCC2)c1. The molecule has 0 saturated heterocycles. The minimum absolute atomic E-state index is 0.0404. The van der Waals surface area contributed by atoms with Crippen LogP contribution < -0.4 is 4.74 Å². The van der Waals surface area contributed by atoms with Crippen LogP contribution in [0.2, 0.25) is 0 Å². The number of allylic oxidation sites excluding steroid dienone is 2. The average molecular weight is 259 g/mol. The van der Waals surface area contributed by atoms with Crippen LogP contribution in [0, 0.1) is 0 Å². The first kappa shape index (κ1) is 13.8. The fourth-order valence-electron chi connectivity index (χ4n) is 2.31. The minimum atomic E-state index is 0.0404. The summed E-state index contributed by atoms with van der Waals surface area (Å²) in [7, 11) is 0. The van der Waals surface area contributed by atoms with Crippen molar-refractivity contribution in [1.82, 2.24) is 4.98 Å². The van der Waals surface area contributed by atoms with Crippen molar-refractivity contribution in [3.8, 4) is 5.75 Å². The number of pyridine rings is 1. The summed E-state index contributed by atoms with van der Waals surface area (Å²) >= 11 is 0. The molecule has 19 heavy (non-hydrogen) atoms. The van der Waals surface area contributed by atoms with Crippen molar-refractivity contribution in [3.05, 3.63) is 35.7 Å². The van der Waals surface area contributed by atoms with Gasteiger partial charge in [0.1, 0.15) is 5.75 Å². The standard InChI is InChI=1S/C16H21NO2/c1-12(2)19-15-9-14(10-17-11-15)16(18)8-13-6-4-3-5-7-13/h8-12H,3-7H2,1-2H3. The van der Waals surface area contributed by atoms with E-state index in [0.717, 1.165) is 12.8 Å². The Bertz CT molecular complexity index is 469. The quantitative estimate of drug-likeness (QED) is 0.607. The van der Waals surface area contributed by atoms with E-state index in [-0.39, 0.29) is 11.9 Å². The topological polar surface area (TPSA) is 39.2 Å². The van der Waals surface area contributed by atoms with Crippen LogP contribution in [0.5, 0.6) is 5.75 Å². The van der Waals surface area contributed by atoms with E-state index in [1.54, 1.807) is 24.5 Å². The van der Waals surface area contributed by atoms with Gasteiger partial charge in [0.05, 0.1) is 12.3 Å². The number of aromatic nitrogens is 1. The van der Waals surface area contributed by atoms with E-state index < -0.39 is 0 Å². The number of carbonyl (C=O) groups is 1. The molecule has 1 aliphatic carbocycles. The van der Waals surface area contributed by atoms with E-state index in [4.69, 9.17) is 4.74 Å². The van der Waals surface area contributed by atoms with Crippen molar-refractivity contribution in [2.45, 2.75) is 52.1 Å². The van der Waals surface area contributed by atoms with Crippen LogP contribution in [0.4, 0.5) is 0 Å². The molecule has 0 aromatic carbocycles. The summed E-state index contributed by atoms with van der Waals surface area (Å²) in [6.07, 6.45) is 10.9.